The van der Waals surface area contributed by atoms with Crippen LogP contribution in [0.3, 0.4) is 0 Å². The summed E-state index contributed by atoms with van der Waals surface area (Å²) in [5.74, 6) is -3.92. The molecule has 0 radical (unpaired) electrons. The molecule has 2 aromatic carbocycles. The van der Waals surface area contributed by atoms with E-state index < -0.39 is 40.4 Å². The van der Waals surface area contributed by atoms with Gasteiger partial charge in [0.25, 0.3) is 5.69 Å². The number of carbonyl (C=O) groups is 3. The number of ketones is 1. The molecule has 10 heteroatoms. The monoisotopic (exact) mass is 534 g/mol. The minimum absolute atomic E-state index is 0.0876. The lowest BCUT2D eigenvalue weighted by molar-refractivity contribution is -0.384. The average Bonchev–Trinajstić information content (AvgIpc) is 2.92. The molecule has 1 heterocycles. The Kier molecular flexibility index (Phi) is 8.13. The van der Waals surface area contributed by atoms with Crippen molar-refractivity contribution in [2.24, 2.45) is 5.92 Å². The van der Waals surface area contributed by atoms with Gasteiger partial charge < -0.3 is 19.5 Å². The highest BCUT2D eigenvalue weighted by atomic mass is 16.6. The van der Waals surface area contributed by atoms with E-state index in [0.717, 1.165) is 0 Å². The lowest BCUT2D eigenvalue weighted by atomic mass is 9.67. The summed E-state index contributed by atoms with van der Waals surface area (Å²) in [6.07, 6.45) is 0.266. The van der Waals surface area contributed by atoms with Crippen LogP contribution in [0, 0.1) is 16.0 Å². The van der Waals surface area contributed by atoms with E-state index in [1.807, 2.05) is 12.1 Å². The zero-order valence-corrected chi connectivity index (χ0v) is 22.2. The third kappa shape index (κ3) is 5.14. The minimum atomic E-state index is -1.19. The van der Waals surface area contributed by atoms with Crippen LogP contribution < -0.4 is 10.1 Å². The molecule has 0 spiro atoms. The van der Waals surface area contributed by atoms with E-state index in [-0.39, 0.29) is 36.5 Å². The predicted molar refractivity (Wildman–Crippen MR) is 141 cm³/mol. The Morgan fingerprint density at radius 3 is 2.33 bits per heavy atom. The molecule has 0 saturated carbocycles. The third-order valence-corrected chi connectivity index (χ3v) is 7.03. The fourth-order valence-electron chi connectivity index (χ4n) is 5.40. The van der Waals surface area contributed by atoms with E-state index in [0.29, 0.717) is 28.3 Å². The number of nitro benzene ring substituents is 1. The number of nitro groups is 1. The molecule has 3 atom stereocenters. The number of nitrogens with one attached hydrogen (secondary N) is 1. The Balaban J connectivity index is 1.92. The van der Waals surface area contributed by atoms with Crippen LogP contribution >= 0.6 is 0 Å². The highest BCUT2D eigenvalue weighted by molar-refractivity contribution is 6.13. The van der Waals surface area contributed by atoms with Gasteiger partial charge in [0.15, 0.2) is 5.78 Å². The van der Waals surface area contributed by atoms with Gasteiger partial charge in [-0.3, -0.25) is 19.7 Å². The number of esters is 2. The zero-order chi connectivity index (χ0) is 28.3. The van der Waals surface area contributed by atoms with Crippen LogP contribution in [0.15, 0.2) is 71.1 Å². The number of allylic oxidation sites excluding steroid dienone is 3. The van der Waals surface area contributed by atoms with Gasteiger partial charge in [-0.05, 0) is 44.4 Å². The first-order chi connectivity index (χ1) is 18.7. The Labute approximate surface area is 225 Å². The predicted octanol–water partition coefficient (Wildman–Crippen LogP) is 4.32. The van der Waals surface area contributed by atoms with Crippen molar-refractivity contribution in [3.05, 3.63) is 92.3 Å². The average molecular weight is 535 g/mol. The second kappa shape index (κ2) is 11.5. The molecule has 0 fully saturated rings. The van der Waals surface area contributed by atoms with E-state index in [4.69, 9.17) is 14.2 Å². The number of rotatable bonds is 8. The molecule has 4 rings (SSSR count). The van der Waals surface area contributed by atoms with E-state index in [9.17, 15) is 24.5 Å². The molecule has 0 unspecified atom stereocenters. The first kappa shape index (κ1) is 27.6. The molecule has 204 valence electrons. The summed E-state index contributed by atoms with van der Waals surface area (Å²) < 4.78 is 16.2. The summed E-state index contributed by atoms with van der Waals surface area (Å²) >= 11 is 0. The number of hydrogen-bond acceptors (Lipinski definition) is 9. The van der Waals surface area contributed by atoms with Gasteiger partial charge in [-0.2, -0.15) is 0 Å². The molecule has 2 aromatic rings. The van der Waals surface area contributed by atoms with Gasteiger partial charge in [0.05, 0.1) is 30.8 Å². The van der Waals surface area contributed by atoms with E-state index in [2.05, 4.69) is 5.32 Å². The van der Waals surface area contributed by atoms with Crippen molar-refractivity contribution in [1.82, 2.24) is 5.32 Å². The number of hydrogen-bond donors (Lipinski definition) is 1. The van der Waals surface area contributed by atoms with Gasteiger partial charge in [0.1, 0.15) is 11.7 Å². The minimum Gasteiger partial charge on any atom is -0.496 e. The molecule has 0 aromatic heterocycles. The maximum Gasteiger partial charge on any atom is 0.336 e. The van der Waals surface area contributed by atoms with E-state index >= 15 is 0 Å². The van der Waals surface area contributed by atoms with Crippen LogP contribution in [0.5, 0.6) is 5.75 Å². The summed E-state index contributed by atoms with van der Waals surface area (Å²) in [4.78, 5) is 51.5. The largest absolute Gasteiger partial charge is 0.496 e. The van der Waals surface area contributed by atoms with Crippen LogP contribution in [-0.4, -0.2) is 43.0 Å². The summed E-state index contributed by atoms with van der Waals surface area (Å²) in [6.45, 7) is 5.26. The second-order valence-electron chi connectivity index (χ2n) is 9.20. The van der Waals surface area contributed by atoms with Crippen LogP contribution in [0.2, 0.25) is 0 Å². The van der Waals surface area contributed by atoms with Crippen LogP contribution in [0.4, 0.5) is 5.69 Å². The van der Waals surface area contributed by atoms with Crippen molar-refractivity contribution in [3.8, 4) is 5.75 Å². The smallest absolute Gasteiger partial charge is 0.336 e. The Morgan fingerprint density at radius 2 is 1.72 bits per heavy atom. The van der Waals surface area contributed by atoms with Gasteiger partial charge in [0, 0.05) is 40.9 Å². The number of nitrogens with zero attached hydrogens (tertiary/aromatic N) is 1. The summed E-state index contributed by atoms with van der Waals surface area (Å²) in [7, 11) is 1.52. The number of dihydropyridines is 1. The van der Waals surface area contributed by atoms with Crippen molar-refractivity contribution < 1.29 is 33.5 Å². The van der Waals surface area contributed by atoms with Crippen molar-refractivity contribution in [2.75, 3.05) is 20.3 Å². The Hall–Kier alpha value is -4.47. The first-order valence-corrected chi connectivity index (χ1v) is 12.7. The Morgan fingerprint density at radius 1 is 1.05 bits per heavy atom. The standard InChI is InChI=1S/C29H30N2O8/c1-5-38-28(33)23-16(3)30-21-15-20(19-9-7-8-10-22(19)37-4)25(29(34)39-6-2)27(32)26(21)24(23)17-11-13-18(14-12-17)31(35)36/h7-14,20,24-25,30H,5-6,15H2,1-4H3/t20-,24+,25-/m1/s1. The van der Waals surface area contributed by atoms with Crippen molar-refractivity contribution >= 4 is 23.4 Å². The zero-order valence-electron chi connectivity index (χ0n) is 22.2. The molecule has 39 heavy (non-hydrogen) atoms. The number of non-ortho nitro benzene ring substituents is 1. The molecule has 0 amide bonds. The maximum absolute atomic E-state index is 14.3. The van der Waals surface area contributed by atoms with E-state index in [1.54, 1.807) is 32.9 Å². The molecule has 0 bridgehead atoms. The lowest BCUT2D eigenvalue weighted by Crippen LogP contribution is -2.43. The Bertz CT molecular complexity index is 1380. The van der Waals surface area contributed by atoms with Crippen molar-refractivity contribution in [1.29, 1.82) is 0 Å². The van der Waals surface area contributed by atoms with Gasteiger partial charge >= 0.3 is 11.9 Å². The molecule has 1 aliphatic carbocycles. The van der Waals surface area contributed by atoms with Crippen molar-refractivity contribution in [3.63, 3.8) is 0 Å². The SMILES string of the molecule is CCOC(=O)C1=C(C)NC2=C(C(=O)[C@H](C(=O)OCC)[C@@H](c3ccccc3OC)C2)[C@H]1c1ccc([N+](=O)[O-])cc1. The van der Waals surface area contributed by atoms with Gasteiger partial charge in [-0.15, -0.1) is 0 Å². The highest BCUT2D eigenvalue weighted by Gasteiger charge is 2.49. The number of ether oxygens (including phenoxy) is 3. The summed E-state index contributed by atoms with van der Waals surface area (Å²) in [5, 5.41) is 14.5. The normalized spacial score (nSPS) is 20.6. The van der Waals surface area contributed by atoms with Gasteiger partial charge in [-0.1, -0.05) is 30.3 Å². The quantitative estimate of drug-likeness (QED) is 0.227. The van der Waals surface area contributed by atoms with Crippen LogP contribution in [0.25, 0.3) is 0 Å². The lowest BCUT2D eigenvalue weighted by Gasteiger charge is -2.39. The summed E-state index contributed by atoms with van der Waals surface area (Å²) in [6, 6.07) is 12.9. The molecule has 1 aliphatic heterocycles. The maximum atomic E-state index is 14.3. The topological polar surface area (TPSA) is 134 Å². The first-order valence-electron chi connectivity index (χ1n) is 12.7. The number of methoxy groups -OCH3 is 1. The molecular weight excluding hydrogens is 504 g/mol. The number of para-hydroxylation sites is 1. The molecule has 1 N–H and O–H groups in total. The molecular formula is C29H30N2O8. The fourth-order valence-corrected chi connectivity index (χ4v) is 5.40. The van der Waals surface area contributed by atoms with Crippen LogP contribution in [-0.2, 0) is 23.9 Å². The molecule has 10 nitrogen and oxygen atoms in total. The highest BCUT2D eigenvalue weighted by Crippen LogP contribution is 2.49. The number of Topliss-reactive ketones (excluding diaryl/α,β-unsaturated/α-hetero) is 1. The fraction of sp³-hybridized carbons (Fsp3) is 0.345. The van der Waals surface area contributed by atoms with E-state index in [1.165, 1.54) is 31.4 Å². The molecule has 2 aliphatic rings. The van der Waals surface area contributed by atoms with Crippen molar-refractivity contribution in [2.45, 2.75) is 39.0 Å². The summed E-state index contributed by atoms with van der Waals surface area (Å²) in [5.41, 5.74) is 2.55. The second-order valence-corrected chi connectivity index (χ2v) is 9.20. The number of carbonyl (C=O) groups excluding carboxylic acids is 3. The number of benzene rings is 2. The molecule has 0 saturated heterocycles. The van der Waals surface area contributed by atoms with Gasteiger partial charge in [0.2, 0.25) is 0 Å². The van der Waals surface area contributed by atoms with Crippen LogP contribution in [0.1, 0.15) is 50.2 Å². The third-order valence-electron chi connectivity index (χ3n) is 7.03. The van der Waals surface area contributed by atoms with Gasteiger partial charge in [-0.25, -0.2) is 4.79 Å².